The fourth-order valence-corrected chi connectivity index (χ4v) is 3.76. The molecule has 0 unspecified atom stereocenters. The highest BCUT2D eigenvalue weighted by atomic mass is 32.2. The summed E-state index contributed by atoms with van der Waals surface area (Å²) in [6.07, 6.45) is 3.54. The quantitative estimate of drug-likeness (QED) is 0.709. The Labute approximate surface area is 98.8 Å². The molecule has 6 heteroatoms. The SMILES string of the molecule is CCCN(CCCN)S(=O)(=O)N1CCCC1. The monoisotopic (exact) mass is 249 g/mol. The second kappa shape index (κ2) is 6.54. The van der Waals surface area contributed by atoms with Crippen molar-refractivity contribution in [1.29, 1.82) is 0 Å². The van der Waals surface area contributed by atoms with E-state index in [1.165, 1.54) is 0 Å². The van der Waals surface area contributed by atoms with Crippen LogP contribution in [0.3, 0.4) is 0 Å². The van der Waals surface area contributed by atoms with Gasteiger partial charge in [0.15, 0.2) is 0 Å². The van der Waals surface area contributed by atoms with E-state index >= 15 is 0 Å². The number of nitrogens with zero attached hydrogens (tertiary/aromatic N) is 2. The van der Waals surface area contributed by atoms with Crippen molar-refractivity contribution >= 4 is 10.2 Å². The van der Waals surface area contributed by atoms with Crippen LogP contribution in [-0.2, 0) is 10.2 Å². The van der Waals surface area contributed by atoms with Crippen LogP contribution in [0.4, 0.5) is 0 Å². The minimum absolute atomic E-state index is 0.537. The van der Waals surface area contributed by atoms with Gasteiger partial charge in [-0.3, -0.25) is 0 Å². The standard InChI is InChI=1S/C10H23N3O2S/c1-2-7-12(10-5-6-11)16(14,15)13-8-3-4-9-13/h2-11H2,1H3. The van der Waals surface area contributed by atoms with Gasteiger partial charge in [-0.25, -0.2) is 0 Å². The lowest BCUT2D eigenvalue weighted by atomic mass is 10.4. The first kappa shape index (κ1) is 13.9. The Morgan fingerprint density at radius 3 is 2.38 bits per heavy atom. The van der Waals surface area contributed by atoms with Gasteiger partial charge in [0.2, 0.25) is 0 Å². The molecule has 0 saturated carbocycles. The number of rotatable bonds is 7. The van der Waals surface area contributed by atoms with Gasteiger partial charge < -0.3 is 5.73 Å². The molecule has 0 amide bonds. The van der Waals surface area contributed by atoms with Crippen molar-refractivity contribution in [2.45, 2.75) is 32.6 Å². The van der Waals surface area contributed by atoms with E-state index in [-0.39, 0.29) is 0 Å². The zero-order chi connectivity index (χ0) is 12.0. The molecule has 1 aliphatic rings. The van der Waals surface area contributed by atoms with E-state index in [4.69, 9.17) is 5.73 Å². The van der Waals surface area contributed by atoms with Crippen LogP contribution in [0.25, 0.3) is 0 Å². The minimum atomic E-state index is -3.22. The van der Waals surface area contributed by atoms with Crippen LogP contribution in [0.1, 0.15) is 32.6 Å². The van der Waals surface area contributed by atoms with Crippen LogP contribution < -0.4 is 5.73 Å². The van der Waals surface area contributed by atoms with E-state index in [0.29, 0.717) is 32.7 Å². The highest BCUT2D eigenvalue weighted by molar-refractivity contribution is 7.86. The maximum absolute atomic E-state index is 12.2. The van der Waals surface area contributed by atoms with E-state index in [0.717, 1.165) is 25.7 Å². The highest BCUT2D eigenvalue weighted by Crippen LogP contribution is 2.16. The molecule has 0 aromatic rings. The first-order chi connectivity index (χ1) is 7.62. The van der Waals surface area contributed by atoms with Crippen molar-refractivity contribution in [3.63, 3.8) is 0 Å². The number of nitrogens with two attached hydrogens (primary N) is 1. The summed E-state index contributed by atoms with van der Waals surface area (Å²) in [6, 6.07) is 0. The van der Waals surface area contributed by atoms with Crippen LogP contribution in [0.15, 0.2) is 0 Å². The molecule has 0 atom stereocenters. The van der Waals surface area contributed by atoms with Crippen molar-refractivity contribution < 1.29 is 8.42 Å². The smallest absolute Gasteiger partial charge is 0.281 e. The summed E-state index contributed by atoms with van der Waals surface area (Å²) < 4.78 is 27.7. The first-order valence-electron chi connectivity index (χ1n) is 6.08. The third-order valence-electron chi connectivity index (χ3n) is 2.80. The van der Waals surface area contributed by atoms with Crippen molar-refractivity contribution in [1.82, 2.24) is 8.61 Å². The highest BCUT2D eigenvalue weighted by Gasteiger charge is 2.30. The Hall–Kier alpha value is -0.170. The van der Waals surface area contributed by atoms with E-state index in [2.05, 4.69) is 0 Å². The average Bonchev–Trinajstić information content (AvgIpc) is 2.77. The molecule has 0 bridgehead atoms. The lowest BCUT2D eigenvalue weighted by Gasteiger charge is -2.26. The molecule has 16 heavy (non-hydrogen) atoms. The molecule has 1 aliphatic heterocycles. The average molecular weight is 249 g/mol. The van der Waals surface area contributed by atoms with Crippen molar-refractivity contribution in [3.05, 3.63) is 0 Å². The van der Waals surface area contributed by atoms with E-state index < -0.39 is 10.2 Å². The summed E-state index contributed by atoms with van der Waals surface area (Å²) in [6.45, 7) is 5.02. The molecule has 0 aliphatic carbocycles. The van der Waals surface area contributed by atoms with Gasteiger partial charge in [-0.2, -0.15) is 17.0 Å². The van der Waals surface area contributed by atoms with Gasteiger partial charge >= 0.3 is 0 Å². The minimum Gasteiger partial charge on any atom is -0.330 e. The Morgan fingerprint density at radius 1 is 1.25 bits per heavy atom. The second-order valence-corrected chi connectivity index (χ2v) is 6.08. The Kier molecular flexibility index (Phi) is 5.68. The van der Waals surface area contributed by atoms with Crippen molar-refractivity contribution in [3.8, 4) is 0 Å². The van der Waals surface area contributed by atoms with Crippen LogP contribution in [0, 0.1) is 0 Å². The lowest BCUT2D eigenvalue weighted by molar-refractivity contribution is 0.357. The molecule has 0 aromatic carbocycles. The fourth-order valence-electron chi connectivity index (χ4n) is 1.94. The van der Waals surface area contributed by atoms with Crippen molar-refractivity contribution in [2.24, 2.45) is 5.73 Å². The van der Waals surface area contributed by atoms with Crippen LogP contribution >= 0.6 is 0 Å². The molecule has 2 N–H and O–H groups in total. The molecular formula is C10H23N3O2S. The molecule has 1 heterocycles. The molecule has 0 spiro atoms. The molecule has 1 saturated heterocycles. The maximum Gasteiger partial charge on any atom is 0.281 e. The predicted octanol–water partition coefficient (Wildman–Crippen LogP) is 0.388. The zero-order valence-electron chi connectivity index (χ0n) is 10.1. The van der Waals surface area contributed by atoms with Gasteiger partial charge in [-0.1, -0.05) is 6.92 Å². The topological polar surface area (TPSA) is 66.6 Å². The Morgan fingerprint density at radius 2 is 1.88 bits per heavy atom. The largest absolute Gasteiger partial charge is 0.330 e. The summed E-state index contributed by atoms with van der Waals surface area (Å²) >= 11 is 0. The molecule has 5 nitrogen and oxygen atoms in total. The second-order valence-electron chi connectivity index (χ2n) is 4.16. The van der Waals surface area contributed by atoms with Gasteiger partial charge in [-0.05, 0) is 32.2 Å². The zero-order valence-corrected chi connectivity index (χ0v) is 10.9. The molecular weight excluding hydrogens is 226 g/mol. The molecule has 0 aromatic heterocycles. The van der Waals surface area contributed by atoms with Gasteiger partial charge in [-0.15, -0.1) is 0 Å². The first-order valence-corrected chi connectivity index (χ1v) is 7.48. The third kappa shape index (κ3) is 3.41. The van der Waals surface area contributed by atoms with Gasteiger partial charge in [0.25, 0.3) is 10.2 Å². The molecule has 1 rings (SSSR count). The molecule has 1 fully saturated rings. The number of hydrogen-bond acceptors (Lipinski definition) is 3. The third-order valence-corrected chi connectivity index (χ3v) is 4.84. The van der Waals surface area contributed by atoms with Crippen LogP contribution in [-0.4, -0.2) is 49.8 Å². The lowest BCUT2D eigenvalue weighted by Crippen LogP contribution is -2.43. The fraction of sp³-hybridized carbons (Fsp3) is 1.00. The molecule has 0 radical (unpaired) electrons. The number of hydrogen-bond donors (Lipinski definition) is 1. The molecule has 96 valence electrons. The summed E-state index contributed by atoms with van der Waals surface area (Å²) in [5.74, 6) is 0. The van der Waals surface area contributed by atoms with Gasteiger partial charge in [0.1, 0.15) is 0 Å². The van der Waals surface area contributed by atoms with E-state index in [9.17, 15) is 8.42 Å². The van der Waals surface area contributed by atoms with Crippen LogP contribution in [0.2, 0.25) is 0 Å². The maximum atomic E-state index is 12.2. The summed E-state index contributed by atoms with van der Waals surface area (Å²) in [5, 5.41) is 0. The predicted molar refractivity (Wildman–Crippen MR) is 65.3 cm³/mol. The summed E-state index contributed by atoms with van der Waals surface area (Å²) in [4.78, 5) is 0. The van der Waals surface area contributed by atoms with E-state index in [1.54, 1.807) is 8.61 Å². The van der Waals surface area contributed by atoms with E-state index in [1.807, 2.05) is 6.92 Å². The van der Waals surface area contributed by atoms with Gasteiger partial charge in [0, 0.05) is 26.2 Å². The summed E-state index contributed by atoms with van der Waals surface area (Å²) in [7, 11) is -3.22. The Bertz CT molecular complexity index is 286. The normalized spacial score (nSPS) is 18.4. The Balaban J connectivity index is 2.66. The van der Waals surface area contributed by atoms with Crippen LogP contribution in [0.5, 0.6) is 0 Å². The van der Waals surface area contributed by atoms with Gasteiger partial charge in [0.05, 0.1) is 0 Å². The summed E-state index contributed by atoms with van der Waals surface area (Å²) in [5.41, 5.74) is 5.43. The van der Waals surface area contributed by atoms with Crippen molar-refractivity contribution in [2.75, 3.05) is 32.7 Å².